The highest BCUT2D eigenvalue weighted by Crippen LogP contribution is 2.37. The first-order chi connectivity index (χ1) is 18.6. The molecule has 0 aliphatic heterocycles. The van der Waals surface area contributed by atoms with Crippen molar-refractivity contribution in [2.75, 3.05) is 24.0 Å². The van der Waals surface area contributed by atoms with Crippen LogP contribution in [0, 0.1) is 13.8 Å². The van der Waals surface area contributed by atoms with E-state index < -0.39 is 0 Å². The molecule has 2 unspecified atom stereocenters. The van der Waals surface area contributed by atoms with E-state index in [9.17, 15) is 0 Å². The topological polar surface area (TPSA) is 24.9 Å². The molecule has 194 valence electrons. The lowest BCUT2D eigenvalue weighted by Gasteiger charge is -2.31. The zero-order valence-electron chi connectivity index (χ0n) is 22.7. The lowest BCUT2D eigenvalue weighted by Crippen LogP contribution is -2.21. The molecule has 0 radical (unpaired) electrons. The van der Waals surface area contributed by atoms with Crippen LogP contribution in [-0.4, -0.2) is 26.4 Å². The summed E-state index contributed by atoms with van der Waals surface area (Å²) in [5, 5.41) is 0. The zero-order chi connectivity index (χ0) is 26.5. The third-order valence-electron chi connectivity index (χ3n) is 7.09. The third kappa shape index (κ3) is 5.67. The van der Waals surface area contributed by atoms with E-state index in [-0.39, 0.29) is 12.2 Å². The summed E-state index contributed by atoms with van der Waals surface area (Å²) in [4.78, 5) is 4.64. The SMILES string of the molecule is COC1C=CC(N(c2ccc(N(C3=CCC(OC)C=C3)c3cccc(C)c3)cc2)c2cccc(C)c2)=CC1. The standard InChI is InChI=1S/C34H36N2O2/c1-25-7-5-9-31(23-25)35(29-15-19-33(37-3)20-16-29)27-11-13-28(14-12-27)36(32-10-6-8-26(2)24-32)30-17-21-34(38-4)22-18-30/h5-19,21,23-24,33-34H,20,22H2,1-4H3. The minimum absolute atomic E-state index is 0.123. The van der Waals surface area contributed by atoms with Crippen LogP contribution >= 0.6 is 0 Å². The van der Waals surface area contributed by atoms with E-state index in [0.717, 1.165) is 47.0 Å². The van der Waals surface area contributed by atoms with Crippen LogP contribution in [0.5, 0.6) is 0 Å². The molecule has 0 saturated carbocycles. The van der Waals surface area contributed by atoms with E-state index in [4.69, 9.17) is 9.47 Å². The van der Waals surface area contributed by atoms with E-state index in [0.29, 0.717) is 0 Å². The monoisotopic (exact) mass is 504 g/mol. The Morgan fingerprint density at radius 3 is 1.32 bits per heavy atom. The molecular formula is C34H36N2O2. The average molecular weight is 505 g/mol. The number of hydrogen-bond acceptors (Lipinski definition) is 4. The Hall–Kier alpha value is -3.86. The van der Waals surface area contributed by atoms with Crippen molar-refractivity contribution >= 4 is 22.7 Å². The second-order valence-corrected chi connectivity index (χ2v) is 9.86. The number of nitrogens with zero attached hydrogens (tertiary/aromatic N) is 2. The summed E-state index contributed by atoms with van der Waals surface area (Å²) in [7, 11) is 3.52. The second kappa shape index (κ2) is 11.7. The van der Waals surface area contributed by atoms with E-state index in [2.05, 4.69) is 133 Å². The first-order valence-corrected chi connectivity index (χ1v) is 13.2. The van der Waals surface area contributed by atoms with Crippen LogP contribution < -0.4 is 9.80 Å². The molecule has 0 bridgehead atoms. The predicted octanol–water partition coefficient (Wildman–Crippen LogP) is 8.30. The first-order valence-electron chi connectivity index (χ1n) is 13.2. The normalized spacial score (nSPS) is 18.6. The third-order valence-corrected chi connectivity index (χ3v) is 7.09. The van der Waals surface area contributed by atoms with E-state index in [1.54, 1.807) is 14.2 Å². The van der Waals surface area contributed by atoms with Crippen LogP contribution in [0.15, 0.2) is 121 Å². The molecular weight excluding hydrogens is 468 g/mol. The van der Waals surface area contributed by atoms with Gasteiger partial charge in [0.2, 0.25) is 0 Å². The molecule has 0 fully saturated rings. The molecule has 0 spiro atoms. The number of rotatable bonds is 8. The summed E-state index contributed by atoms with van der Waals surface area (Å²) in [5.74, 6) is 0. The van der Waals surface area contributed by atoms with Crippen molar-refractivity contribution in [3.8, 4) is 0 Å². The van der Waals surface area contributed by atoms with Crippen molar-refractivity contribution in [2.45, 2.75) is 38.9 Å². The van der Waals surface area contributed by atoms with Crippen molar-refractivity contribution in [1.82, 2.24) is 0 Å². The quantitative estimate of drug-likeness (QED) is 0.308. The minimum atomic E-state index is 0.123. The van der Waals surface area contributed by atoms with E-state index in [1.807, 2.05) is 0 Å². The van der Waals surface area contributed by atoms with Crippen molar-refractivity contribution in [2.24, 2.45) is 0 Å². The molecule has 2 atom stereocenters. The van der Waals surface area contributed by atoms with Crippen LogP contribution in [0.1, 0.15) is 24.0 Å². The Bertz CT molecular complexity index is 1280. The predicted molar refractivity (Wildman–Crippen MR) is 158 cm³/mol. The number of allylic oxidation sites excluding steroid dienone is 2. The number of aryl methyl sites for hydroxylation is 2. The summed E-state index contributed by atoms with van der Waals surface area (Å²) in [6.07, 6.45) is 15.1. The van der Waals surface area contributed by atoms with Gasteiger partial charge < -0.3 is 19.3 Å². The van der Waals surface area contributed by atoms with Gasteiger partial charge in [-0.2, -0.15) is 0 Å². The molecule has 38 heavy (non-hydrogen) atoms. The van der Waals surface area contributed by atoms with Gasteiger partial charge in [0.15, 0.2) is 0 Å². The van der Waals surface area contributed by atoms with Crippen molar-refractivity contribution in [3.63, 3.8) is 0 Å². The fourth-order valence-electron chi connectivity index (χ4n) is 5.04. The van der Waals surface area contributed by atoms with Crippen molar-refractivity contribution in [1.29, 1.82) is 0 Å². The lowest BCUT2D eigenvalue weighted by molar-refractivity contribution is 0.142. The Morgan fingerprint density at radius 2 is 1.00 bits per heavy atom. The zero-order valence-corrected chi connectivity index (χ0v) is 22.7. The maximum atomic E-state index is 5.54. The molecule has 0 saturated heterocycles. The number of hydrogen-bond donors (Lipinski definition) is 0. The van der Waals surface area contributed by atoms with Crippen LogP contribution in [0.25, 0.3) is 0 Å². The van der Waals surface area contributed by atoms with E-state index in [1.165, 1.54) is 11.1 Å². The van der Waals surface area contributed by atoms with Crippen molar-refractivity contribution in [3.05, 3.63) is 132 Å². The van der Waals surface area contributed by atoms with Crippen LogP contribution in [0.3, 0.4) is 0 Å². The maximum absolute atomic E-state index is 5.54. The average Bonchev–Trinajstić information content (AvgIpc) is 2.95. The summed E-state index contributed by atoms with van der Waals surface area (Å²) < 4.78 is 11.1. The number of anilines is 4. The Labute approximate surface area is 226 Å². The molecule has 0 amide bonds. The summed E-state index contributed by atoms with van der Waals surface area (Å²) in [6.45, 7) is 4.27. The Kier molecular flexibility index (Phi) is 7.92. The van der Waals surface area contributed by atoms with Gasteiger partial charge in [-0.1, -0.05) is 48.6 Å². The van der Waals surface area contributed by atoms with Gasteiger partial charge >= 0.3 is 0 Å². The van der Waals surface area contributed by atoms with Crippen molar-refractivity contribution < 1.29 is 9.47 Å². The van der Waals surface area contributed by atoms with Gasteiger partial charge in [0, 0.05) is 48.4 Å². The summed E-state index contributed by atoms with van der Waals surface area (Å²) in [6, 6.07) is 26.1. The smallest absolute Gasteiger partial charge is 0.0791 e. The highest BCUT2D eigenvalue weighted by Gasteiger charge is 2.20. The van der Waals surface area contributed by atoms with Gasteiger partial charge in [0.25, 0.3) is 0 Å². The molecule has 0 aromatic heterocycles. The molecule has 4 heteroatoms. The van der Waals surface area contributed by atoms with Crippen LogP contribution in [0.4, 0.5) is 22.7 Å². The number of benzene rings is 3. The molecule has 4 nitrogen and oxygen atoms in total. The van der Waals surface area contributed by atoms with Gasteiger partial charge in [0.05, 0.1) is 12.2 Å². The van der Waals surface area contributed by atoms with Gasteiger partial charge in [-0.15, -0.1) is 0 Å². The van der Waals surface area contributed by atoms with Gasteiger partial charge in [-0.25, -0.2) is 0 Å². The second-order valence-electron chi connectivity index (χ2n) is 9.86. The molecule has 2 aliphatic rings. The maximum Gasteiger partial charge on any atom is 0.0791 e. The molecule has 2 aliphatic carbocycles. The summed E-state index contributed by atoms with van der Waals surface area (Å²) in [5.41, 5.74) is 9.27. The largest absolute Gasteiger partial charge is 0.377 e. The Balaban J connectivity index is 1.53. The number of ether oxygens (including phenoxy) is 2. The molecule has 0 heterocycles. The molecule has 0 N–H and O–H groups in total. The Morgan fingerprint density at radius 1 is 0.579 bits per heavy atom. The number of methoxy groups -OCH3 is 2. The van der Waals surface area contributed by atoms with Gasteiger partial charge in [0.1, 0.15) is 0 Å². The van der Waals surface area contributed by atoms with Gasteiger partial charge in [-0.3, -0.25) is 0 Å². The lowest BCUT2D eigenvalue weighted by atomic mass is 10.0. The first kappa shape index (κ1) is 25.8. The highest BCUT2D eigenvalue weighted by molar-refractivity contribution is 5.76. The molecule has 3 aromatic carbocycles. The molecule has 5 rings (SSSR count). The molecule has 3 aromatic rings. The van der Waals surface area contributed by atoms with Crippen LogP contribution in [0.2, 0.25) is 0 Å². The van der Waals surface area contributed by atoms with Crippen LogP contribution in [-0.2, 0) is 9.47 Å². The van der Waals surface area contributed by atoms with Gasteiger partial charge in [-0.05, 0) is 98.5 Å². The minimum Gasteiger partial charge on any atom is -0.377 e. The highest BCUT2D eigenvalue weighted by atomic mass is 16.5. The van der Waals surface area contributed by atoms with E-state index >= 15 is 0 Å². The summed E-state index contributed by atoms with van der Waals surface area (Å²) >= 11 is 0. The fraction of sp³-hybridized carbons (Fsp3) is 0.235. The fourth-order valence-corrected chi connectivity index (χ4v) is 5.04.